The first-order valence-corrected chi connectivity index (χ1v) is 8.65. The van der Waals surface area contributed by atoms with Crippen molar-refractivity contribution in [3.8, 4) is 5.75 Å². The van der Waals surface area contributed by atoms with Crippen molar-refractivity contribution in [2.24, 2.45) is 4.99 Å². The maximum absolute atomic E-state index is 12.2. The Balaban J connectivity index is 0.00000392. The minimum atomic E-state index is -2.87. The summed E-state index contributed by atoms with van der Waals surface area (Å²) in [7, 11) is 0. The molecule has 1 heterocycles. The van der Waals surface area contributed by atoms with Gasteiger partial charge in [-0.2, -0.15) is 8.78 Å². The monoisotopic (exact) mass is 506 g/mol. The predicted molar refractivity (Wildman–Crippen MR) is 115 cm³/mol. The standard InChI is InChI=1S/C19H24F2N4O2.HI/c1-3-22-19(24-11-16-13(2)5-4-10-23-16)25-12-17(26)14-6-8-15(9-7-14)27-18(20)21;/h4-10,17-18,26H,3,11-12H2,1-2H3,(H2,22,24,25);1H. The van der Waals surface area contributed by atoms with E-state index in [2.05, 4.69) is 25.3 Å². The molecule has 1 aromatic heterocycles. The lowest BCUT2D eigenvalue weighted by Gasteiger charge is -2.16. The number of hydrogen-bond donors (Lipinski definition) is 3. The Bertz CT molecular complexity index is 745. The molecule has 2 rings (SSSR count). The molecule has 0 saturated heterocycles. The summed E-state index contributed by atoms with van der Waals surface area (Å²) in [6.45, 7) is 2.34. The Kier molecular flexibility index (Phi) is 10.7. The highest BCUT2D eigenvalue weighted by molar-refractivity contribution is 14.0. The van der Waals surface area contributed by atoms with Gasteiger partial charge in [0, 0.05) is 19.3 Å². The minimum Gasteiger partial charge on any atom is -0.435 e. The zero-order chi connectivity index (χ0) is 19.6. The van der Waals surface area contributed by atoms with E-state index in [4.69, 9.17) is 0 Å². The maximum Gasteiger partial charge on any atom is 0.387 e. The van der Waals surface area contributed by atoms with Gasteiger partial charge >= 0.3 is 6.61 Å². The topological polar surface area (TPSA) is 78.8 Å². The molecule has 0 aliphatic carbocycles. The second kappa shape index (κ2) is 12.4. The van der Waals surface area contributed by atoms with Crippen LogP contribution in [0.1, 0.15) is 29.8 Å². The SMILES string of the molecule is CCNC(=NCc1ncccc1C)NCC(O)c1ccc(OC(F)F)cc1.I. The van der Waals surface area contributed by atoms with Gasteiger partial charge in [-0.1, -0.05) is 18.2 Å². The van der Waals surface area contributed by atoms with Crippen LogP contribution in [0.5, 0.6) is 5.75 Å². The molecule has 9 heteroatoms. The Morgan fingerprint density at radius 3 is 2.54 bits per heavy atom. The number of aliphatic hydroxyl groups is 1. The number of aryl methyl sites for hydroxylation is 1. The highest BCUT2D eigenvalue weighted by atomic mass is 127. The highest BCUT2D eigenvalue weighted by Crippen LogP contribution is 2.19. The van der Waals surface area contributed by atoms with Crippen LogP contribution in [0.25, 0.3) is 0 Å². The Morgan fingerprint density at radius 2 is 1.93 bits per heavy atom. The lowest BCUT2D eigenvalue weighted by molar-refractivity contribution is -0.0498. The third kappa shape index (κ3) is 7.93. The molecule has 154 valence electrons. The number of rotatable bonds is 8. The molecule has 0 radical (unpaired) electrons. The number of aliphatic imine (C=N–C) groups is 1. The number of alkyl halides is 2. The van der Waals surface area contributed by atoms with Gasteiger partial charge in [-0.15, -0.1) is 24.0 Å². The summed E-state index contributed by atoms with van der Waals surface area (Å²) < 4.78 is 28.6. The van der Waals surface area contributed by atoms with Crippen molar-refractivity contribution in [1.82, 2.24) is 15.6 Å². The summed E-state index contributed by atoms with van der Waals surface area (Å²) in [6.07, 6.45) is 0.898. The van der Waals surface area contributed by atoms with Crippen LogP contribution in [-0.2, 0) is 6.54 Å². The van der Waals surface area contributed by atoms with Gasteiger partial charge in [-0.3, -0.25) is 4.98 Å². The lowest BCUT2D eigenvalue weighted by Crippen LogP contribution is -2.39. The minimum absolute atomic E-state index is 0. The normalized spacial score (nSPS) is 12.3. The number of hydrogen-bond acceptors (Lipinski definition) is 4. The van der Waals surface area contributed by atoms with Crippen molar-refractivity contribution >= 4 is 29.9 Å². The molecule has 0 amide bonds. The van der Waals surface area contributed by atoms with E-state index in [9.17, 15) is 13.9 Å². The van der Waals surface area contributed by atoms with Gasteiger partial charge in [0.15, 0.2) is 5.96 Å². The quantitative estimate of drug-likeness (QED) is 0.291. The Labute approximate surface area is 180 Å². The molecular weight excluding hydrogens is 481 g/mol. The van der Waals surface area contributed by atoms with Crippen LogP contribution in [-0.4, -0.2) is 35.8 Å². The summed E-state index contributed by atoms with van der Waals surface area (Å²) in [5.41, 5.74) is 2.52. The highest BCUT2D eigenvalue weighted by Gasteiger charge is 2.10. The van der Waals surface area contributed by atoms with Gasteiger partial charge in [0.2, 0.25) is 0 Å². The lowest BCUT2D eigenvalue weighted by atomic mass is 10.1. The molecule has 0 spiro atoms. The van der Waals surface area contributed by atoms with E-state index in [1.54, 1.807) is 18.3 Å². The van der Waals surface area contributed by atoms with E-state index in [0.29, 0.717) is 24.6 Å². The number of nitrogens with one attached hydrogen (secondary N) is 2. The van der Waals surface area contributed by atoms with Crippen LogP contribution < -0.4 is 15.4 Å². The molecule has 0 aliphatic rings. The van der Waals surface area contributed by atoms with Crippen LogP contribution in [0.15, 0.2) is 47.6 Å². The summed E-state index contributed by atoms with van der Waals surface area (Å²) in [5, 5.41) is 16.5. The maximum atomic E-state index is 12.2. The first kappa shape index (κ1) is 24.0. The number of guanidine groups is 1. The fourth-order valence-corrected chi connectivity index (χ4v) is 2.36. The molecule has 3 N–H and O–H groups in total. The second-order valence-corrected chi connectivity index (χ2v) is 5.81. The van der Waals surface area contributed by atoms with Crippen LogP contribution in [0.2, 0.25) is 0 Å². The molecule has 0 bridgehead atoms. The number of halogens is 3. The first-order chi connectivity index (χ1) is 13.0. The van der Waals surface area contributed by atoms with E-state index >= 15 is 0 Å². The average Bonchev–Trinajstić information content (AvgIpc) is 2.65. The molecule has 0 fully saturated rings. The summed E-state index contributed by atoms with van der Waals surface area (Å²) in [6, 6.07) is 9.74. The van der Waals surface area contributed by atoms with Crippen molar-refractivity contribution in [2.75, 3.05) is 13.1 Å². The molecular formula is C19H25F2IN4O2. The van der Waals surface area contributed by atoms with E-state index in [0.717, 1.165) is 11.3 Å². The first-order valence-electron chi connectivity index (χ1n) is 8.65. The molecule has 28 heavy (non-hydrogen) atoms. The van der Waals surface area contributed by atoms with Gasteiger partial charge in [0.05, 0.1) is 18.3 Å². The Hall–Kier alpha value is -2.01. The van der Waals surface area contributed by atoms with Gasteiger partial charge in [-0.25, -0.2) is 4.99 Å². The van der Waals surface area contributed by atoms with Crippen LogP contribution >= 0.6 is 24.0 Å². The molecule has 0 aliphatic heterocycles. The second-order valence-electron chi connectivity index (χ2n) is 5.81. The summed E-state index contributed by atoms with van der Waals surface area (Å²) in [4.78, 5) is 8.78. The van der Waals surface area contributed by atoms with Gasteiger partial charge < -0.3 is 20.5 Å². The van der Waals surface area contributed by atoms with Crippen molar-refractivity contribution < 1.29 is 18.6 Å². The largest absolute Gasteiger partial charge is 0.435 e. The third-order valence-corrected chi connectivity index (χ3v) is 3.80. The molecule has 1 atom stereocenters. The number of benzene rings is 1. The molecule has 1 aromatic carbocycles. The number of pyridine rings is 1. The predicted octanol–water partition coefficient (Wildman–Crippen LogP) is 3.40. The average molecular weight is 506 g/mol. The van der Waals surface area contributed by atoms with Gasteiger partial charge in [0.25, 0.3) is 0 Å². The van der Waals surface area contributed by atoms with Crippen LogP contribution in [0, 0.1) is 6.92 Å². The zero-order valence-corrected chi connectivity index (χ0v) is 18.1. The number of nitrogens with zero attached hydrogens (tertiary/aromatic N) is 2. The van der Waals surface area contributed by atoms with Crippen molar-refractivity contribution in [2.45, 2.75) is 33.1 Å². The fourth-order valence-electron chi connectivity index (χ4n) is 2.36. The zero-order valence-electron chi connectivity index (χ0n) is 15.7. The molecule has 1 unspecified atom stereocenters. The Morgan fingerprint density at radius 1 is 1.21 bits per heavy atom. The molecule has 2 aromatic rings. The van der Waals surface area contributed by atoms with Gasteiger partial charge in [-0.05, 0) is 43.2 Å². The number of aromatic nitrogens is 1. The fraction of sp³-hybridized carbons (Fsp3) is 0.368. The molecule has 6 nitrogen and oxygen atoms in total. The van der Waals surface area contributed by atoms with Crippen LogP contribution in [0.3, 0.4) is 0 Å². The van der Waals surface area contributed by atoms with Gasteiger partial charge in [0.1, 0.15) is 5.75 Å². The van der Waals surface area contributed by atoms with Crippen molar-refractivity contribution in [3.05, 3.63) is 59.4 Å². The van der Waals surface area contributed by atoms with E-state index in [1.807, 2.05) is 26.0 Å². The number of aliphatic hydroxyl groups excluding tert-OH is 1. The summed E-state index contributed by atoms with van der Waals surface area (Å²) >= 11 is 0. The van der Waals surface area contributed by atoms with E-state index < -0.39 is 12.7 Å². The van der Waals surface area contributed by atoms with Crippen molar-refractivity contribution in [3.63, 3.8) is 0 Å². The van der Waals surface area contributed by atoms with E-state index in [-0.39, 0.29) is 36.3 Å². The smallest absolute Gasteiger partial charge is 0.387 e. The van der Waals surface area contributed by atoms with E-state index in [1.165, 1.54) is 12.1 Å². The third-order valence-electron chi connectivity index (χ3n) is 3.80. The number of ether oxygens (including phenoxy) is 1. The van der Waals surface area contributed by atoms with Crippen molar-refractivity contribution in [1.29, 1.82) is 0 Å². The molecule has 0 saturated carbocycles. The van der Waals surface area contributed by atoms with Crippen LogP contribution in [0.4, 0.5) is 8.78 Å². The summed E-state index contributed by atoms with van der Waals surface area (Å²) in [5.74, 6) is 0.605.